The van der Waals surface area contributed by atoms with Gasteiger partial charge in [-0.1, -0.05) is 17.7 Å². The molecule has 3 rings (SSSR count). The topological polar surface area (TPSA) is 94.6 Å². The van der Waals surface area contributed by atoms with E-state index in [-0.39, 0.29) is 4.90 Å². The standard InChI is InChI=1S/C10H23N4O3.C7H8O3S/c1-14(4-6-17-7-5-14)11-8-12(15-2)10-13(9-11)16-3;1-6-2-4-7(5-3-6)11(8,9)10/h4-10H2,1-3H3;2-5H,1H3,(H,8,9,10)/q+1;/p-1. The number of quaternary nitrogens is 1. The minimum atomic E-state index is -4.27. The van der Waals surface area contributed by atoms with Gasteiger partial charge in [0.05, 0.1) is 39.4 Å². The molecule has 0 amide bonds. The van der Waals surface area contributed by atoms with Crippen molar-refractivity contribution in [1.82, 2.24) is 15.1 Å². The van der Waals surface area contributed by atoms with Crippen molar-refractivity contribution in [3.05, 3.63) is 29.8 Å². The summed E-state index contributed by atoms with van der Waals surface area (Å²) in [6, 6.07) is 5.78. The molecule has 28 heavy (non-hydrogen) atoms. The number of morpholine rings is 1. The molecule has 1 aromatic carbocycles. The number of nitrogens with zero attached hydrogens (tertiary/aromatic N) is 4. The molecule has 0 saturated carbocycles. The number of aryl methyl sites for hydroxylation is 1. The molecule has 0 spiro atoms. The summed E-state index contributed by atoms with van der Waals surface area (Å²) < 4.78 is 37.5. The SMILES string of the molecule is CON1CN(OC)CN([N+]2(C)CCOCC2)C1.Cc1ccc(S(=O)(=O)[O-])cc1. The Morgan fingerprint density at radius 1 is 1.00 bits per heavy atom. The molecule has 160 valence electrons. The van der Waals surface area contributed by atoms with Gasteiger partial charge in [-0.05, 0) is 19.1 Å². The van der Waals surface area contributed by atoms with Gasteiger partial charge >= 0.3 is 0 Å². The van der Waals surface area contributed by atoms with Crippen LogP contribution in [0.2, 0.25) is 0 Å². The van der Waals surface area contributed by atoms with Crippen LogP contribution in [0.4, 0.5) is 0 Å². The van der Waals surface area contributed by atoms with Crippen molar-refractivity contribution in [2.75, 3.05) is 67.6 Å². The number of hydrogen-bond donors (Lipinski definition) is 0. The maximum Gasteiger partial charge on any atom is 0.126 e. The van der Waals surface area contributed by atoms with Gasteiger partial charge in [-0.2, -0.15) is 10.1 Å². The maximum atomic E-state index is 10.4. The Bertz CT molecular complexity index is 697. The van der Waals surface area contributed by atoms with Gasteiger partial charge in [0.15, 0.2) is 0 Å². The second-order valence-electron chi connectivity index (χ2n) is 6.93. The third-order valence-corrected chi connectivity index (χ3v) is 5.75. The average Bonchev–Trinajstić information content (AvgIpc) is 2.68. The van der Waals surface area contributed by atoms with Gasteiger partial charge in [0.1, 0.15) is 43.2 Å². The van der Waals surface area contributed by atoms with E-state index in [1.807, 2.05) is 17.1 Å². The predicted molar refractivity (Wildman–Crippen MR) is 100 cm³/mol. The van der Waals surface area contributed by atoms with Crippen molar-refractivity contribution in [3.8, 4) is 0 Å². The Balaban J connectivity index is 0.000000221. The van der Waals surface area contributed by atoms with E-state index in [2.05, 4.69) is 12.1 Å². The van der Waals surface area contributed by atoms with Crippen LogP contribution in [-0.2, 0) is 24.5 Å². The minimum absolute atomic E-state index is 0.178. The fourth-order valence-corrected chi connectivity index (χ4v) is 3.40. The average molecular weight is 419 g/mol. The Morgan fingerprint density at radius 3 is 1.93 bits per heavy atom. The first-order valence-corrected chi connectivity index (χ1v) is 10.4. The summed E-state index contributed by atoms with van der Waals surface area (Å²) in [7, 11) is 1.34. The Morgan fingerprint density at radius 2 is 1.50 bits per heavy atom. The van der Waals surface area contributed by atoms with E-state index < -0.39 is 10.1 Å². The van der Waals surface area contributed by atoms with Crippen molar-refractivity contribution in [1.29, 1.82) is 0 Å². The largest absolute Gasteiger partial charge is 0.744 e. The molecule has 0 bridgehead atoms. The normalized spacial score (nSPS) is 21.8. The first-order chi connectivity index (χ1) is 13.2. The lowest BCUT2D eigenvalue weighted by Gasteiger charge is -2.49. The first kappa shape index (κ1) is 23.1. The van der Waals surface area contributed by atoms with Crippen molar-refractivity contribution < 1.29 is 32.0 Å². The van der Waals surface area contributed by atoms with Crippen LogP contribution in [0.3, 0.4) is 0 Å². The molecule has 0 radical (unpaired) electrons. The van der Waals surface area contributed by atoms with Crippen molar-refractivity contribution >= 4 is 10.1 Å². The molecule has 2 aliphatic heterocycles. The van der Waals surface area contributed by atoms with E-state index in [1.54, 1.807) is 26.4 Å². The highest BCUT2D eigenvalue weighted by Gasteiger charge is 2.38. The molecule has 10 nitrogen and oxygen atoms in total. The lowest BCUT2D eigenvalue weighted by Crippen LogP contribution is -2.69. The molecule has 2 saturated heterocycles. The summed E-state index contributed by atoms with van der Waals surface area (Å²) in [6.45, 7) is 7.67. The van der Waals surface area contributed by atoms with E-state index >= 15 is 0 Å². The lowest BCUT2D eigenvalue weighted by molar-refractivity contribution is -1.03. The van der Waals surface area contributed by atoms with E-state index in [0.29, 0.717) is 6.67 Å². The minimum Gasteiger partial charge on any atom is -0.744 e. The zero-order chi connectivity index (χ0) is 20.8. The molecular weight excluding hydrogens is 388 g/mol. The molecule has 0 unspecified atom stereocenters. The predicted octanol–water partition coefficient (Wildman–Crippen LogP) is 0.192. The van der Waals surface area contributed by atoms with E-state index in [4.69, 9.17) is 14.4 Å². The number of hydroxylamine groups is 4. The van der Waals surface area contributed by atoms with Gasteiger partial charge in [0.25, 0.3) is 0 Å². The van der Waals surface area contributed by atoms with Crippen molar-refractivity contribution in [2.45, 2.75) is 11.8 Å². The Labute approximate surface area is 167 Å². The zero-order valence-electron chi connectivity index (χ0n) is 16.9. The molecule has 0 aliphatic carbocycles. The van der Waals surface area contributed by atoms with Crippen LogP contribution in [-0.4, -0.2) is 100 Å². The summed E-state index contributed by atoms with van der Waals surface area (Å²) >= 11 is 0. The Kier molecular flexibility index (Phi) is 8.30. The summed E-state index contributed by atoms with van der Waals surface area (Å²) in [6.07, 6.45) is 0. The van der Waals surface area contributed by atoms with Gasteiger partial charge in [0, 0.05) is 0 Å². The fraction of sp³-hybridized carbons (Fsp3) is 0.647. The third kappa shape index (κ3) is 6.44. The van der Waals surface area contributed by atoms with E-state index in [0.717, 1.165) is 49.8 Å². The highest BCUT2D eigenvalue weighted by atomic mass is 32.2. The molecule has 11 heteroatoms. The van der Waals surface area contributed by atoms with E-state index in [9.17, 15) is 13.0 Å². The van der Waals surface area contributed by atoms with Gasteiger partial charge in [-0.15, -0.1) is 5.01 Å². The van der Waals surface area contributed by atoms with Gasteiger partial charge in [-0.25, -0.2) is 13.0 Å². The van der Waals surface area contributed by atoms with E-state index in [1.165, 1.54) is 12.1 Å². The first-order valence-electron chi connectivity index (χ1n) is 8.96. The zero-order valence-corrected chi connectivity index (χ0v) is 17.7. The summed E-state index contributed by atoms with van der Waals surface area (Å²) in [4.78, 5) is 10.5. The highest BCUT2D eigenvalue weighted by Crippen LogP contribution is 2.18. The number of likely N-dealkylation sites (N-methyl/N-ethyl adjacent to an activating group) is 1. The third-order valence-electron chi connectivity index (χ3n) is 4.90. The molecule has 2 fully saturated rings. The summed E-state index contributed by atoms with van der Waals surface area (Å²) in [5.74, 6) is 0. The molecule has 0 atom stereocenters. The monoisotopic (exact) mass is 418 g/mol. The van der Waals surface area contributed by atoms with Crippen LogP contribution in [0.1, 0.15) is 5.56 Å². The second-order valence-corrected chi connectivity index (χ2v) is 8.30. The quantitative estimate of drug-likeness (QED) is 0.502. The molecular formula is C17H30N4O6S. The lowest BCUT2D eigenvalue weighted by atomic mass is 10.2. The maximum absolute atomic E-state index is 10.4. The van der Waals surface area contributed by atoms with Crippen LogP contribution in [0.15, 0.2) is 29.2 Å². The van der Waals surface area contributed by atoms with Crippen molar-refractivity contribution in [2.24, 2.45) is 0 Å². The fourth-order valence-electron chi connectivity index (χ4n) is 2.93. The van der Waals surface area contributed by atoms with Crippen LogP contribution in [0.25, 0.3) is 0 Å². The molecule has 0 N–H and O–H groups in total. The highest BCUT2D eigenvalue weighted by molar-refractivity contribution is 7.85. The second kappa shape index (κ2) is 10.1. The van der Waals surface area contributed by atoms with Crippen molar-refractivity contribution in [3.63, 3.8) is 0 Å². The summed E-state index contributed by atoms with van der Waals surface area (Å²) in [5.41, 5.74) is 0.928. The molecule has 2 heterocycles. The van der Waals surface area contributed by atoms with Crippen LogP contribution in [0.5, 0.6) is 0 Å². The van der Waals surface area contributed by atoms with Gasteiger partial charge in [-0.3, -0.25) is 9.68 Å². The molecule has 1 aromatic rings. The molecule has 2 aliphatic rings. The number of ether oxygens (including phenoxy) is 1. The van der Waals surface area contributed by atoms with Gasteiger partial charge in [0.2, 0.25) is 0 Å². The number of hydrogen-bond acceptors (Lipinski definition) is 9. The Hall–Kier alpha value is -1.15. The van der Waals surface area contributed by atoms with Crippen LogP contribution < -0.4 is 0 Å². The van der Waals surface area contributed by atoms with Gasteiger partial charge < -0.3 is 9.29 Å². The smallest absolute Gasteiger partial charge is 0.126 e. The molecule has 0 aromatic heterocycles. The number of benzene rings is 1. The van der Waals surface area contributed by atoms with Crippen LogP contribution in [0, 0.1) is 6.92 Å². The summed E-state index contributed by atoms with van der Waals surface area (Å²) in [5, 5.41) is 6.09. The van der Waals surface area contributed by atoms with Crippen LogP contribution >= 0.6 is 0 Å². The number of rotatable bonds is 4.